The summed E-state index contributed by atoms with van der Waals surface area (Å²) in [6, 6.07) is 12.8. The van der Waals surface area contributed by atoms with Gasteiger partial charge >= 0.3 is 0 Å². The lowest BCUT2D eigenvalue weighted by atomic mass is 10.1. The van der Waals surface area contributed by atoms with E-state index in [9.17, 15) is 4.79 Å². The largest absolute Gasteiger partial charge is 0.298 e. The second kappa shape index (κ2) is 5.27. The number of pyridine rings is 1. The van der Waals surface area contributed by atoms with Crippen LogP contribution < -0.4 is 0 Å². The van der Waals surface area contributed by atoms with Gasteiger partial charge < -0.3 is 0 Å². The van der Waals surface area contributed by atoms with Crippen molar-refractivity contribution >= 4 is 17.9 Å². The molecule has 0 amide bonds. The molecule has 0 bridgehead atoms. The maximum absolute atomic E-state index is 11.2. The second-order valence-corrected chi connectivity index (χ2v) is 4.57. The summed E-state index contributed by atoms with van der Waals surface area (Å²) in [5.41, 5.74) is 1.76. The highest BCUT2D eigenvalue weighted by Gasteiger charge is 2.14. The Morgan fingerprint density at radius 3 is 2.60 bits per heavy atom. The van der Waals surface area contributed by atoms with Crippen molar-refractivity contribution in [1.29, 1.82) is 0 Å². The van der Waals surface area contributed by atoms with E-state index in [1.807, 2.05) is 36.4 Å². The Morgan fingerprint density at radius 1 is 1.10 bits per heavy atom. The van der Waals surface area contributed by atoms with Crippen LogP contribution in [0.25, 0.3) is 17.1 Å². The van der Waals surface area contributed by atoms with Crippen molar-refractivity contribution in [2.45, 2.75) is 0 Å². The molecule has 0 spiro atoms. The van der Waals surface area contributed by atoms with Gasteiger partial charge in [0, 0.05) is 18.0 Å². The minimum absolute atomic E-state index is 0.476. The molecule has 0 aliphatic rings. The van der Waals surface area contributed by atoms with Crippen molar-refractivity contribution in [1.82, 2.24) is 14.8 Å². The predicted octanol–water partition coefficient (Wildman–Crippen LogP) is 3.40. The standard InChI is InChI=1S/C15H10ClN3O/c16-13-6-2-1-5-12(13)15-11(10-20)9-19(18-15)14-7-3-4-8-17-14/h1-10H. The molecule has 98 valence electrons. The van der Waals surface area contributed by atoms with Gasteiger partial charge in [-0.2, -0.15) is 5.10 Å². The van der Waals surface area contributed by atoms with E-state index in [-0.39, 0.29) is 0 Å². The Kier molecular flexibility index (Phi) is 3.31. The molecular weight excluding hydrogens is 274 g/mol. The van der Waals surface area contributed by atoms with Gasteiger partial charge in [0.2, 0.25) is 0 Å². The lowest BCUT2D eigenvalue weighted by Crippen LogP contribution is -1.97. The summed E-state index contributed by atoms with van der Waals surface area (Å²) < 4.78 is 1.57. The Labute approximate surface area is 120 Å². The SMILES string of the molecule is O=Cc1cn(-c2ccccn2)nc1-c1ccccc1Cl. The van der Waals surface area contributed by atoms with Gasteiger partial charge in [0.1, 0.15) is 5.69 Å². The molecule has 3 aromatic rings. The molecule has 2 heterocycles. The van der Waals surface area contributed by atoms with Crippen LogP contribution in [0, 0.1) is 0 Å². The number of benzene rings is 1. The molecule has 4 nitrogen and oxygen atoms in total. The van der Waals surface area contributed by atoms with Crippen LogP contribution in [0.3, 0.4) is 0 Å². The number of halogens is 1. The summed E-state index contributed by atoms with van der Waals surface area (Å²) in [6.07, 6.45) is 4.09. The average Bonchev–Trinajstić information content (AvgIpc) is 2.93. The molecule has 0 saturated carbocycles. The van der Waals surface area contributed by atoms with Gasteiger partial charge in [-0.25, -0.2) is 9.67 Å². The molecule has 0 aliphatic carbocycles. The van der Waals surface area contributed by atoms with Crippen molar-refractivity contribution in [3.63, 3.8) is 0 Å². The Balaban J connectivity index is 2.16. The first-order chi connectivity index (χ1) is 9.79. The number of rotatable bonds is 3. The molecular formula is C15H10ClN3O. The molecule has 0 radical (unpaired) electrons. The highest BCUT2D eigenvalue weighted by molar-refractivity contribution is 6.33. The third-order valence-corrected chi connectivity index (χ3v) is 3.21. The number of carbonyl (C=O) groups is 1. The molecule has 0 fully saturated rings. The Bertz CT molecular complexity index is 753. The average molecular weight is 284 g/mol. The summed E-state index contributed by atoms with van der Waals surface area (Å²) in [6.45, 7) is 0. The lowest BCUT2D eigenvalue weighted by Gasteiger charge is -2.01. The van der Waals surface area contributed by atoms with Gasteiger partial charge in [-0.1, -0.05) is 35.9 Å². The van der Waals surface area contributed by atoms with Crippen molar-refractivity contribution in [3.05, 3.63) is 65.4 Å². The van der Waals surface area contributed by atoms with Gasteiger partial charge in [0.05, 0.1) is 10.6 Å². The van der Waals surface area contributed by atoms with Crippen LogP contribution in [0.2, 0.25) is 5.02 Å². The van der Waals surface area contributed by atoms with E-state index in [1.54, 1.807) is 23.1 Å². The van der Waals surface area contributed by atoms with Crippen LogP contribution in [0.5, 0.6) is 0 Å². The fourth-order valence-electron chi connectivity index (χ4n) is 1.94. The molecule has 1 aromatic carbocycles. The fourth-order valence-corrected chi connectivity index (χ4v) is 2.17. The zero-order chi connectivity index (χ0) is 13.9. The second-order valence-electron chi connectivity index (χ2n) is 4.16. The minimum atomic E-state index is 0.476. The zero-order valence-corrected chi connectivity index (χ0v) is 11.2. The first-order valence-electron chi connectivity index (χ1n) is 6.01. The van der Waals surface area contributed by atoms with Gasteiger partial charge in [-0.05, 0) is 18.2 Å². The van der Waals surface area contributed by atoms with Crippen LogP contribution in [-0.2, 0) is 0 Å². The maximum atomic E-state index is 11.2. The summed E-state index contributed by atoms with van der Waals surface area (Å²) in [7, 11) is 0. The molecule has 0 N–H and O–H groups in total. The van der Waals surface area contributed by atoms with Crippen LogP contribution >= 0.6 is 11.6 Å². The van der Waals surface area contributed by atoms with E-state index in [0.29, 0.717) is 22.1 Å². The van der Waals surface area contributed by atoms with E-state index < -0.39 is 0 Å². The van der Waals surface area contributed by atoms with Crippen LogP contribution in [0.15, 0.2) is 54.9 Å². The van der Waals surface area contributed by atoms with Crippen molar-refractivity contribution in [3.8, 4) is 17.1 Å². The number of aldehydes is 1. The Hall–Kier alpha value is -2.46. The summed E-state index contributed by atoms with van der Waals surface area (Å²) in [5, 5.41) is 4.98. The van der Waals surface area contributed by atoms with E-state index in [4.69, 9.17) is 11.6 Å². The predicted molar refractivity (Wildman–Crippen MR) is 77.2 cm³/mol. The highest BCUT2D eigenvalue weighted by Crippen LogP contribution is 2.28. The first-order valence-corrected chi connectivity index (χ1v) is 6.38. The van der Waals surface area contributed by atoms with Crippen LogP contribution in [-0.4, -0.2) is 21.1 Å². The topological polar surface area (TPSA) is 47.8 Å². The number of carbonyl (C=O) groups excluding carboxylic acids is 1. The number of nitrogens with zero attached hydrogens (tertiary/aromatic N) is 3. The van der Waals surface area contributed by atoms with Gasteiger partial charge in [0.15, 0.2) is 12.1 Å². The van der Waals surface area contributed by atoms with Gasteiger partial charge in [0.25, 0.3) is 0 Å². The third-order valence-electron chi connectivity index (χ3n) is 2.88. The molecule has 0 aliphatic heterocycles. The monoisotopic (exact) mass is 283 g/mol. The summed E-state index contributed by atoms with van der Waals surface area (Å²) in [5.74, 6) is 0.647. The highest BCUT2D eigenvalue weighted by atomic mass is 35.5. The van der Waals surface area contributed by atoms with Crippen molar-refractivity contribution in [2.24, 2.45) is 0 Å². The molecule has 0 saturated heterocycles. The quantitative estimate of drug-likeness (QED) is 0.692. The summed E-state index contributed by atoms with van der Waals surface area (Å²) >= 11 is 6.16. The van der Waals surface area contributed by atoms with E-state index in [2.05, 4.69) is 10.1 Å². The maximum Gasteiger partial charge on any atom is 0.153 e. The lowest BCUT2D eigenvalue weighted by molar-refractivity contribution is 0.112. The van der Waals surface area contributed by atoms with E-state index in [0.717, 1.165) is 11.8 Å². The van der Waals surface area contributed by atoms with Crippen LogP contribution in [0.1, 0.15) is 10.4 Å². The first kappa shape index (κ1) is 12.6. The molecule has 20 heavy (non-hydrogen) atoms. The normalized spacial score (nSPS) is 10.4. The molecule has 3 rings (SSSR count). The van der Waals surface area contributed by atoms with Crippen molar-refractivity contribution in [2.75, 3.05) is 0 Å². The van der Waals surface area contributed by atoms with E-state index >= 15 is 0 Å². The third kappa shape index (κ3) is 2.21. The van der Waals surface area contributed by atoms with Gasteiger partial charge in [-0.3, -0.25) is 4.79 Å². The van der Waals surface area contributed by atoms with Crippen LogP contribution in [0.4, 0.5) is 0 Å². The smallest absolute Gasteiger partial charge is 0.153 e. The van der Waals surface area contributed by atoms with E-state index in [1.165, 1.54) is 0 Å². The zero-order valence-electron chi connectivity index (χ0n) is 10.4. The minimum Gasteiger partial charge on any atom is -0.298 e. The number of hydrogen-bond acceptors (Lipinski definition) is 3. The number of hydrogen-bond donors (Lipinski definition) is 0. The molecule has 5 heteroatoms. The molecule has 2 aromatic heterocycles. The Morgan fingerprint density at radius 2 is 1.90 bits per heavy atom. The number of aromatic nitrogens is 3. The molecule has 0 unspecified atom stereocenters. The summed E-state index contributed by atoms with van der Waals surface area (Å²) in [4.78, 5) is 15.4. The van der Waals surface area contributed by atoms with Gasteiger partial charge in [-0.15, -0.1) is 0 Å². The fraction of sp³-hybridized carbons (Fsp3) is 0. The molecule has 0 atom stereocenters. The van der Waals surface area contributed by atoms with Crippen molar-refractivity contribution < 1.29 is 4.79 Å².